The fraction of sp³-hybridized carbons (Fsp3) is 0.0909. The third-order valence-electron chi connectivity index (χ3n) is 2.25. The largest absolute Gasteiger partial charge is 0.366 e. The highest BCUT2D eigenvalue weighted by Gasteiger charge is 2.17. The van der Waals surface area contributed by atoms with Crippen molar-refractivity contribution in [3.05, 3.63) is 58.8 Å². The summed E-state index contributed by atoms with van der Waals surface area (Å²) in [5, 5.41) is 0. The molecule has 6 nitrogen and oxygen atoms in total. The van der Waals surface area contributed by atoms with Crippen LogP contribution in [-0.4, -0.2) is 18.4 Å². The Hall–Kier alpha value is -1.99. The van der Waals surface area contributed by atoms with Crippen molar-refractivity contribution < 1.29 is 8.42 Å². The molecule has 0 spiro atoms. The fourth-order valence-corrected chi connectivity index (χ4v) is 2.41. The van der Waals surface area contributed by atoms with Gasteiger partial charge in [0.1, 0.15) is 4.90 Å². The second kappa shape index (κ2) is 5.11. The maximum absolute atomic E-state index is 11.9. The lowest BCUT2D eigenvalue weighted by atomic mass is 10.4. The van der Waals surface area contributed by atoms with Crippen LogP contribution in [0.1, 0.15) is 5.69 Å². The zero-order chi connectivity index (χ0) is 13.0. The number of hydrogen-bond donors (Lipinski definition) is 2. The summed E-state index contributed by atoms with van der Waals surface area (Å²) in [7, 11) is -3.82. The van der Waals surface area contributed by atoms with Gasteiger partial charge in [-0.3, -0.25) is 9.78 Å². The van der Waals surface area contributed by atoms with Gasteiger partial charge >= 0.3 is 0 Å². The zero-order valence-electron chi connectivity index (χ0n) is 9.33. The maximum Gasteiger partial charge on any atom is 0.246 e. The Bertz CT molecular complexity index is 680. The Morgan fingerprint density at radius 2 is 2.11 bits per heavy atom. The normalized spacial score (nSPS) is 11.3. The lowest BCUT2D eigenvalue weighted by molar-refractivity contribution is 0.579. The minimum atomic E-state index is -3.82. The van der Waals surface area contributed by atoms with Gasteiger partial charge in [-0.15, -0.1) is 0 Å². The van der Waals surface area contributed by atoms with Gasteiger partial charge in [0.25, 0.3) is 0 Å². The molecule has 7 heteroatoms. The van der Waals surface area contributed by atoms with Gasteiger partial charge < -0.3 is 4.98 Å². The summed E-state index contributed by atoms with van der Waals surface area (Å²) < 4.78 is 26.1. The average molecular weight is 265 g/mol. The quantitative estimate of drug-likeness (QED) is 0.828. The molecule has 0 unspecified atom stereocenters. The van der Waals surface area contributed by atoms with Crippen LogP contribution < -0.4 is 10.2 Å². The smallest absolute Gasteiger partial charge is 0.246 e. The zero-order valence-corrected chi connectivity index (χ0v) is 10.1. The number of aromatic nitrogens is 2. The molecule has 2 rings (SSSR count). The maximum atomic E-state index is 11.9. The molecule has 2 aromatic heterocycles. The van der Waals surface area contributed by atoms with Gasteiger partial charge in [0.2, 0.25) is 15.5 Å². The van der Waals surface area contributed by atoms with Gasteiger partial charge in [-0.25, -0.2) is 13.1 Å². The molecule has 0 saturated carbocycles. The third kappa shape index (κ3) is 2.82. The first-order valence-electron chi connectivity index (χ1n) is 5.16. The van der Waals surface area contributed by atoms with Crippen molar-refractivity contribution in [1.82, 2.24) is 14.7 Å². The van der Waals surface area contributed by atoms with Crippen LogP contribution in [-0.2, 0) is 16.6 Å². The summed E-state index contributed by atoms with van der Waals surface area (Å²) in [6.45, 7) is 0.0392. The van der Waals surface area contributed by atoms with Crippen molar-refractivity contribution in [2.24, 2.45) is 0 Å². The van der Waals surface area contributed by atoms with Gasteiger partial charge in [-0.2, -0.15) is 0 Å². The molecule has 18 heavy (non-hydrogen) atoms. The first-order valence-corrected chi connectivity index (χ1v) is 6.64. The molecule has 2 aromatic rings. The minimum Gasteiger partial charge on any atom is -0.366 e. The SMILES string of the molecule is O=c1cc[nH]cc1S(=O)(=O)NCc1ccccn1. The number of pyridine rings is 2. The molecule has 0 radical (unpaired) electrons. The van der Waals surface area contributed by atoms with Crippen LogP contribution in [0.5, 0.6) is 0 Å². The van der Waals surface area contributed by atoms with Crippen molar-refractivity contribution >= 4 is 10.0 Å². The van der Waals surface area contributed by atoms with Gasteiger partial charge in [0.05, 0.1) is 12.2 Å². The lowest BCUT2D eigenvalue weighted by Crippen LogP contribution is -2.28. The van der Waals surface area contributed by atoms with Crippen LogP contribution in [0, 0.1) is 0 Å². The number of rotatable bonds is 4. The number of H-pyrrole nitrogens is 1. The Labute approximate surface area is 104 Å². The van der Waals surface area contributed by atoms with E-state index in [1.807, 2.05) is 0 Å². The molecule has 0 aliphatic carbocycles. The summed E-state index contributed by atoms with van der Waals surface area (Å²) in [6.07, 6.45) is 4.10. The van der Waals surface area contributed by atoms with Gasteiger partial charge in [-0.1, -0.05) is 6.07 Å². The summed E-state index contributed by atoms with van der Waals surface area (Å²) in [4.78, 5) is 17.7. The van der Waals surface area contributed by atoms with E-state index < -0.39 is 15.5 Å². The van der Waals surface area contributed by atoms with E-state index in [-0.39, 0.29) is 11.4 Å². The predicted molar refractivity (Wildman–Crippen MR) is 65.3 cm³/mol. The van der Waals surface area contributed by atoms with E-state index in [2.05, 4.69) is 14.7 Å². The highest BCUT2D eigenvalue weighted by Crippen LogP contribution is 2.01. The topological polar surface area (TPSA) is 91.9 Å². The van der Waals surface area contributed by atoms with Crippen molar-refractivity contribution in [2.45, 2.75) is 11.4 Å². The molecule has 2 heterocycles. The molecule has 2 N–H and O–H groups in total. The van der Waals surface area contributed by atoms with Gasteiger partial charge in [0, 0.05) is 24.7 Å². The van der Waals surface area contributed by atoms with E-state index in [1.54, 1.807) is 24.4 Å². The Balaban J connectivity index is 2.19. The molecular weight excluding hydrogens is 254 g/mol. The molecule has 0 aliphatic rings. The summed E-state index contributed by atoms with van der Waals surface area (Å²) >= 11 is 0. The van der Waals surface area contributed by atoms with E-state index in [1.165, 1.54) is 6.20 Å². The Morgan fingerprint density at radius 3 is 2.78 bits per heavy atom. The van der Waals surface area contributed by atoms with Gasteiger partial charge in [0.15, 0.2) is 0 Å². The standard InChI is InChI=1S/C11H11N3O3S/c15-10-4-6-12-8-11(10)18(16,17)14-7-9-3-1-2-5-13-9/h1-6,8,14H,7H2,(H,12,15). The van der Waals surface area contributed by atoms with E-state index in [0.717, 1.165) is 12.3 Å². The molecule has 0 bridgehead atoms. The van der Waals surface area contributed by atoms with Crippen molar-refractivity contribution in [2.75, 3.05) is 0 Å². The second-order valence-corrected chi connectivity index (χ2v) is 5.25. The number of nitrogens with zero attached hydrogens (tertiary/aromatic N) is 1. The van der Waals surface area contributed by atoms with Crippen molar-refractivity contribution in [3.8, 4) is 0 Å². The van der Waals surface area contributed by atoms with E-state index in [9.17, 15) is 13.2 Å². The summed E-state index contributed by atoms with van der Waals surface area (Å²) in [6, 6.07) is 6.35. The highest BCUT2D eigenvalue weighted by atomic mass is 32.2. The number of sulfonamides is 1. The van der Waals surface area contributed by atoms with Crippen LogP contribution in [0.2, 0.25) is 0 Å². The fourth-order valence-electron chi connectivity index (χ4n) is 1.36. The van der Waals surface area contributed by atoms with Gasteiger partial charge in [-0.05, 0) is 12.1 Å². The van der Waals surface area contributed by atoms with Crippen LogP contribution >= 0.6 is 0 Å². The second-order valence-electron chi connectivity index (χ2n) is 3.52. The molecule has 0 fully saturated rings. The average Bonchev–Trinajstić information content (AvgIpc) is 2.38. The highest BCUT2D eigenvalue weighted by molar-refractivity contribution is 7.89. The Kier molecular flexibility index (Phi) is 3.54. The van der Waals surface area contributed by atoms with Crippen LogP contribution in [0.4, 0.5) is 0 Å². The van der Waals surface area contributed by atoms with E-state index in [4.69, 9.17) is 0 Å². The summed E-state index contributed by atoms with van der Waals surface area (Å²) in [5.74, 6) is 0. The monoisotopic (exact) mass is 265 g/mol. The molecule has 0 amide bonds. The molecule has 94 valence electrons. The third-order valence-corrected chi connectivity index (χ3v) is 3.67. The minimum absolute atomic E-state index is 0.0392. The van der Waals surface area contributed by atoms with E-state index in [0.29, 0.717) is 5.69 Å². The molecule has 0 aromatic carbocycles. The predicted octanol–water partition coefficient (Wildman–Crippen LogP) is 0.248. The van der Waals surface area contributed by atoms with E-state index >= 15 is 0 Å². The van der Waals surface area contributed by atoms with Crippen LogP contribution in [0.3, 0.4) is 0 Å². The Morgan fingerprint density at radius 1 is 1.28 bits per heavy atom. The number of aromatic amines is 1. The number of hydrogen-bond acceptors (Lipinski definition) is 4. The number of nitrogens with one attached hydrogen (secondary N) is 2. The molecule has 0 atom stereocenters. The first-order chi connectivity index (χ1) is 8.59. The summed E-state index contributed by atoms with van der Waals surface area (Å²) in [5.41, 5.74) is 0.0238. The van der Waals surface area contributed by atoms with Crippen LogP contribution in [0.15, 0.2) is 52.5 Å². The molecule has 0 aliphatic heterocycles. The lowest BCUT2D eigenvalue weighted by Gasteiger charge is -2.05. The first kappa shape index (κ1) is 12.5. The van der Waals surface area contributed by atoms with Crippen molar-refractivity contribution in [3.63, 3.8) is 0 Å². The van der Waals surface area contributed by atoms with Crippen molar-refractivity contribution in [1.29, 1.82) is 0 Å². The molecule has 0 saturated heterocycles. The van der Waals surface area contributed by atoms with Crippen LogP contribution in [0.25, 0.3) is 0 Å². The molecular formula is C11H11N3O3S.